The number of aromatic nitrogens is 1. The van der Waals surface area contributed by atoms with Gasteiger partial charge in [-0.2, -0.15) is 11.8 Å². The van der Waals surface area contributed by atoms with Crippen LogP contribution in [0.2, 0.25) is 0 Å². The predicted octanol–water partition coefficient (Wildman–Crippen LogP) is 3.00. The summed E-state index contributed by atoms with van der Waals surface area (Å²) in [6.45, 7) is 4.35. The molecule has 0 bridgehead atoms. The standard InChI is InChI=1S/C9H15NS2/c1-3-8-7-12-9(10-8)5-6-11-4-2/h7H,3-6H2,1-2H3. The van der Waals surface area contributed by atoms with Crippen LogP contribution in [0.1, 0.15) is 24.5 Å². The van der Waals surface area contributed by atoms with Gasteiger partial charge >= 0.3 is 0 Å². The summed E-state index contributed by atoms with van der Waals surface area (Å²) in [7, 11) is 0. The molecular formula is C9H15NS2. The second-order valence-electron chi connectivity index (χ2n) is 2.53. The molecule has 0 amide bonds. The van der Waals surface area contributed by atoms with E-state index in [9.17, 15) is 0 Å². The molecule has 0 fully saturated rings. The van der Waals surface area contributed by atoms with Crippen LogP contribution in [-0.4, -0.2) is 16.5 Å². The highest BCUT2D eigenvalue weighted by molar-refractivity contribution is 7.99. The Morgan fingerprint density at radius 3 is 2.92 bits per heavy atom. The number of thiazole rings is 1. The molecule has 0 aliphatic heterocycles. The van der Waals surface area contributed by atoms with Crippen LogP contribution < -0.4 is 0 Å². The summed E-state index contributed by atoms with van der Waals surface area (Å²) < 4.78 is 0. The van der Waals surface area contributed by atoms with E-state index in [-0.39, 0.29) is 0 Å². The molecule has 1 aromatic heterocycles. The van der Waals surface area contributed by atoms with Crippen LogP contribution >= 0.6 is 23.1 Å². The van der Waals surface area contributed by atoms with Crippen LogP contribution in [-0.2, 0) is 12.8 Å². The van der Waals surface area contributed by atoms with E-state index < -0.39 is 0 Å². The molecule has 0 unspecified atom stereocenters. The minimum Gasteiger partial charge on any atom is -0.246 e. The number of aryl methyl sites for hydroxylation is 2. The Morgan fingerprint density at radius 2 is 2.33 bits per heavy atom. The first kappa shape index (κ1) is 10.1. The lowest BCUT2D eigenvalue weighted by atomic mass is 10.4. The lowest BCUT2D eigenvalue weighted by molar-refractivity contribution is 1.01. The van der Waals surface area contributed by atoms with E-state index in [1.54, 1.807) is 11.3 Å². The summed E-state index contributed by atoms with van der Waals surface area (Å²) in [5, 5.41) is 3.47. The maximum atomic E-state index is 4.51. The Kier molecular flexibility index (Phi) is 4.69. The second-order valence-corrected chi connectivity index (χ2v) is 4.87. The van der Waals surface area contributed by atoms with Crippen LogP contribution in [0.4, 0.5) is 0 Å². The van der Waals surface area contributed by atoms with Crippen LogP contribution in [0.3, 0.4) is 0 Å². The van der Waals surface area contributed by atoms with Crippen molar-refractivity contribution in [1.82, 2.24) is 4.98 Å². The molecule has 0 aliphatic rings. The molecule has 0 aromatic carbocycles. The molecule has 0 N–H and O–H groups in total. The predicted molar refractivity (Wildman–Crippen MR) is 58.2 cm³/mol. The van der Waals surface area contributed by atoms with E-state index in [0.29, 0.717) is 0 Å². The van der Waals surface area contributed by atoms with E-state index in [1.807, 2.05) is 11.8 Å². The third-order valence-corrected chi connectivity index (χ3v) is 3.48. The molecule has 1 nitrogen and oxygen atoms in total. The fourth-order valence-electron chi connectivity index (χ4n) is 0.930. The molecule has 68 valence electrons. The number of hydrogen-bond donors (Lipinski definition) is 0. The third-order valence-electron chi connectivity index (χ3n) is 1.63. The van der Waals surface area contributed by atoms with Crippen molar-refractivity contribution in [3.63, 3.8) is 0 Å². The van der Waals surface area contributed by atoms with Gasteiger partial charge in [-0.05, 0) is 17.9 Å². The van der Waals surface area contributed by atoms with Crippen LogP contribution in [0.15, 0.2) is 5.38 Å². The molecule has 0 atom stereocenters. The van der Waals surface area contributed by atoms with Crippen LogP contribution in [0.25, 0.3) is 0 Å². The van der Waals surface area contributed by atoms with Gasteiger partial charge in [0.2, 0.25) is 0 Å². The quantitative estimate of drug-likeness (QED) is 0.679. The molecule has 1 aromatic rings. The highest BCUT2D eigenvalue weighted by atomic mass is 32.2. The normalized spacial score (nSPS) is 10.5. The van der Waals surface area contributed by atoms with E-state index in [2.05, 4.69) is 24.2 Å². The van der Waals surface area contributed by atoms with Gasteiger partial charge in [0.25, 0.3) is 0 Å². The molecule has 1 rings (SSSR count). The SMILES string of the molecule is CCSCCc1nc(CC)cs1. The van der Waals surface area contributed by atoms with Crippen molar-refractivity contribution in [2.24, 2.45) is 0 Å². The van der Waals surface area contributed by atoms with Crippen molar-refractivity contribution >= 4 is 23.1 Å². The van der Waals surface area contributed by atoms with Crippen LogP contribution in [0, 0.1) is 0 Å². The average Bonchev–Trinajstić information content (AvgIpc) is 2.53. The first-order valence-corrected chi connectivity index (χ1v) is 6.41. The Labute approximate surface area is 82.6 Å². The first-order valence-electron chi connectivity index (χ1n) is 4.37. The van der Waals surface area contributed by atoms with Gasteiger partial charge in [-0.3, -0.25) is 0 Å². The van der Waals surface area contributed by atoms with Crippen molar-refractivity contribution in [2.75, 3.05) is 11.5 Å². The molecule has 1 heterocycles. The van der Waals surface area contributed by atoms with E-state index in [4.69, 9.17) is 0 Å². The molecular weight excluding hydrogens is 186 g/mol. The Bertz CT molecular complexity index is 220. The average molecular weight is 201 g/mol. The maximum absolute atomic E-state index is 4.51. The van der Waals surface area contributed by atoms with Crippen LogP contribution in [0.5, 0.6) is 0 Å². The minimum absolute atomic E-state index is 1.07. The van der Waals surface area contributed by atoms with Crippen molar-refractivity contribution in [3.8, 4) is 0 Å². The molecule has 0 saturated carbocycles. The Morgan fingerprint density at radius 1 is 1.50 bits per heavy atom. The Hall–Kier alpha value is -0.0200. The van der Waals surface area contributed by atoms with Gasteiger partial charge in [-0.15, -0.1) is 11.3 Å². The Balaban J connectivity index is 2.31. The monoisotopic (exact) mass is 201 g/mol. The summed E-state index contributed by atoms with van der Waals surface area (Å²) in [5.41, 5.74) is 1.25. The zero-order valence-electron chi connectivity index (χ0n) is 7.67. The number of nitrogens with zero attached hydrogens (tertiary/aromatic N) is 1. The van der Waals surface area contributed by atoms with Crippen molar-refractivity contribution in [3.05, 3.63) is 16.1 Å². The highest BCUT2D eigenvalue weighted by Gasteiger charge is 1.99. The fourth-order valence-corrected chi connectivity index (χ4v) is 2.57. The first-order chi connectivity index (χ1) is 5.86. The topological polar surface area (TPSA) is 12.9 Å². The van der Waals surface area contributed by atoms with E-state index >= 15 is 0 Å². The van der Waals surface area contributed by atoms with Crippen molar-refractivity contribution in [1.29, 1.82) is 0 Å². The maximum Gasteiger partial charge on any atom is 0.0936 e. The molecule has 3 heteroatoms. The smallest absolute Gasteiger partial charge is 0.0936 e. The molecule has 0 aliphatic carbocycles. The summed E-state index contributed by atoms with van der Waals surface area (Å²) in [6, 6.07) is 0. The number of hydrogen-bond acceptors (Lipinski definition) is 3. The number of thioether (sulfide) groups is 1. The third kappa shape index (κ3) is 3.15. The lowest BCUT2D eigenvalue weighted by Crippen LogP contribution is -1.88. The largest absolute Gasteiger partial charge is 0.246 e. The fraction of sp³-hybridized carbons (Fsp3) is 0.667. The van der Waals surface area contributed by atoms with Gasteiger partial charge in [0, 0.05) is 11.8 Å². The zero-order chi connectivity index (χ0) is 8.81. The van der Waals surface area contributed by atoms with Gasteiger partial charge in [0.15, 0.2) is 0 Å². The second kappa shape index (κ2) is 5.60. The van der Waals surface area contributed by atoms with Crippen molar-refractivity contribution < 1.29 is 0 Å². The van der Waals surface area contributed by atoms with Crippen molar-refractivity contribution in [2.45, 2.75) is 26.7 Å². The zero-order valence-corrected chi connectivity index (χ0v) is 9.30. The highest BCUT2D eigenvalue weighted by Crippen LogP contribution is 2.13. The molecule has 0 saturated heterocycles. The van der Waals surface area contributed by atoms with Gasteiger partial charge < -0.3 is 0 Å². The summed E-state index contributed by atoms with van der Waals surface area (Å²) in [6.07, 6.45) is 2.21. The van der Waals surface area contributed by atoms with Gasteiger partial charge in [0.1, 0.15) is 0 Å². The van der Waals surface area contributed by atoms with E-state index in [0.717, 1.165) is 12.8 Å². The van der Waals surface area contributed by atoms with Gasteiger partial charge in [-0.25, -0.2) is 4.98 Å². The summed E-state index contributed by atoms with van der Waals surface area (Å²) >= 11 is 3.79. The minimum atomic E-state index is 1.07. The van der Waals surface area contributed by atoms with Gasteiger partial charge in [-0.1, -0.05) is 13.8 Å². The molecule has 0 radical (unpaired) electrons. The van der Waals surface area contributed by atoms with Gasteiger partial charge in [0.05, 0.1) is 10.7 Å². The lowest BCUT2D eigenvalue weighted by Gasteiger charge is -1.93. The molecule has 0 spiro atoms. The number of rotatable bonds is 5. The summed E-state index contributed by atoms with van der Waals surface area (Å²) in [4.78, 5) is 4.51. The summed E-state index contributed by atoms with van der Waals surface area (Å²) in [5.74, 6) is 2.43. The van der Waals surface area contributed by atoms with E-state index in [1.165, 1.54) is 22.2 Å². The molecule has 12 heavy (non-hydrogen) atoms.